The molecule has 16 heavy (non-hydrogen) atoms. The number of fused-ring (bicyclic) bond motifs is 1. The lowest BCUT2D eigenvalue weighted by atomic mass is 9.81. The first kappa shape index (κ1) is 11.6. The predicted octanol–water partition coefficient (Wildman–Crippen LogP) is 2.17. The van der Waals surface area contributed by atoms with Crippen LogP contribution in [-0.2, 0) is 14.3 Å². The van der Waals surface area contributed by atoms with Crippen molar-refractivity contribution >= 4 is 5.97 Å². The van der Waals surface area contributed by atoms with Gasteiger partial charge >= 0.3 is 5.97 Å². The van der Waals surface area contributed by atoms with Crippen molar-refractivity contribution in [1.82, 2.24) is 0 Å². The van der Waals surface area contributed by atoms with Gasteiger partial charge < -0.3 is 9.47 Å². The van der Waals surface area contributed by atoms with E-state index in [4.69, 9.17) is 9.47 Å². The molecule has 0 bridgehead atoms. The Hall–Kier alpha value is -0.830. The lowest BCUT2D eigenvalue weighted by molar-refractivity contribution is -0.151. The summed E-state index contributed by atoms with van der Waals surface area (Å²) in [5.41, 5.74) is 0. The van der Waals surface area contributed by atoms with E-state index < -0.39 is 0 Å². The highest BCUT2D eigenvalue weighted by Gasteiger charge is 2.47. The first-order chi connectivity index (χ1) is 7.77. The Morgan fingerprint density at radius 3 is 2.81 bits per heavy atom. The fraction of sp³-hybridized carbons (Fsp3) is 0.769. The van der Waals surface area contributed by atoms with Gasteiger partial charge in [0.05, 0.1) is 19.1 Å². The third-order valence-electron chi connectivity index (χ3n) is 3.87. The number of esters is 1. The number of rotatable bonds is 3. The van der Waals surface area contributed by atoms with Crippen molar-refractivity contribution in [2.24, 2.45) is 17.8 Å². The van der Waals surface area contributed by atoms with Crippen LogP contribution < -0.4 is 0 Å². The molecule has 2 aliphatic rings. The molecule has 3 heteroatoms. The number of methoxy groups -OCH3 is 1. The molecule has 0 aliphatic heterocycles. The minimum Gasteiger partial charge on any atom is -0.469 e. The minimum atomic E-state index is -0.0961. The molecule has 2 aliphatic carbocycles. The molecular formula is C13H20O3. The monoisotopic (exact) mass is 224 g/mol. The summed E-state index contributed by atoms with van der Waals surface area (Å²) in [5, 5.41) is 0. The molecule has 1 saturated carbocycles. The lowest BCUT2D eigenvalue weighted by Gasteiger charge is -2.25. The van der Waals surface area contributed by atoms with E-state index in [0.29, 0.717) is 18.4 Å². The number of carbonyl (C=O) groups is 1. The summed E-state index contributed by atoms with van der Waals surface area (Å²) < 4.78 is 10.6. The summed E-state index contributed by atoms with van der Waals surface area (Å²) in [6, 6.07) is 0. The summed E-state index contributed by atoms with van der Waals surface area (Å²) in [6.07, 6.45) is 7.56. The molecular weight excluding hydrogens is 204 g/mol. The van der Waals surface area contributed by atoms with Gasteiger partial charge in [-0.25, -0.2) is 0 Å². The van der Waals surface area contributed by atoms with Gasteiger partial charge in [0.15, 0.2) is 0 Å². The molecule has 3 nitrogen and oxygen atoms in total. The quantitative estimate of drug-likeness (QED) is 0.544. The van der Waals surface area contributed by atoms with E-state index in [1.807, 2.05) is 6.92 Å². The highest BCUT2D eigenvalue weighted by atomic mass is 16.5. The highest BCUT2D eigenvalue weighted by molar-refractivity contribution is 5.74. The van der Waals surface area contributed by atoms with E-state index in [1.165, 1.54) is 7.11 Å². The van der Waals surface area contributed by atoms with Crippen LogP contribution in [0.1, 0.15) is 26.2 Å². The van der Waals surface area contributed by atoms with Gasteiger partial charge in [0, 0.05) is 6.61 Å². The molecule has 0 heterocycles. The fourth-order valence-electron chi connectivity index (χ4n) is 3.17. The number of hydrogen-bond acceptors (Lipinski definition) is 3. The van der Waals surface area contributed by atoms with Gasteiger partial charge in [-0.15, -0.1) is 0 Å². The zero-order valence-electron chi connectivity index (χ0n) is 10.0. The molecule has 0 amide bonds. The second-order valence-corrected chi connectivity index (χ2v) is 4.65. The van der Waals surface area contributed by atoms with Gasteiger partial charge in [-0.2, -0.15) is 0 Å². The smallest absolute Gasteiger partial charge is 0.311 e. The third-order valence-corrected chi connectivity index (χ3v) is 3.87. The Balaban J connectivity index is 2.14. The molecule has 2 rings (SSSR count). The van der Waals surface area contributed by atoms with E-state index in [1.54, 1.807) is 0 Å². The molecule has 0 aromatic rings. The summed E-state index contributed by atoms with van der Waals surface area (Å²) in [6.45, 7) is 2.65. The molecule has 0 N–H and O–H groups in total. The van der Waals surface area contributed by atoms with E-state index in [9.17, 15) is 4.79 Å². The van der Waals surface area contributed by atoms with Crippen LogP contribution in [0.5, 0.6) is 0 Å². The van der Waals surface area contributed by atoms with Crippen molar-refractivity contribution < 1.29 is 14.3 Å². The number of ether oxygens (including phenoxy) is 2. The standard InChI is InChI=1S/C13H20O3/c1-3-16-11-8-9-6-4-5-7-10(9)12(11)13(14)15-2/h4-5,9-12H,3,6-8H2,1-2H3/t9-,10+,11+,12+/m0/s1. The molecule has 0 aromatic carbocycles. The van der Waals surface area contributed by atoms with Gasteiger partial charge in [0.2, 0.25) is 0 Å². The van der Waals surface area contributed by atoms with Crippen molar-refractivity contribution in [2.75, 3.05) is 13.7 Å². The van der Waals surface area contributed by atoms with Gasteiger partial charge in [0.25, 0.3) is 0 Å². The Morgan fingerprint density at radius 1 is 1.38 bits per heavy atom. The van der Waals surface area contributed by atoms with Gasteiger partial charge in [-0.1, -0.05) is 12.2 Å². The maximum Gasteiger partial charge on any atom is 0.311 e. The normalized spacial score (nSPS) is 37.1. The van der Waals surface area contributed by atoms with Crippen LogP contribution in [0.2, 0.25) is 0 Å². The van der Waals surface area contributed by atoms with Gasteiger partial charge in [-0.05, 0) is 38.0 Å². The number of carbonyl (C=O) groups excluding carboxylic acids is 1. The fourth-order valence-corrected chi connectivity index (χ4v) is 3.17. The Morgan fingerprint density at radius 2 is 2.12 bits per heavy atom. The Bertz CT molecular complexity index is 285. The average molecular weight is 224 g/mol. The molecule has 0 unspecified atom stereocenters. The van der Waals surface area contributed by atoms with Crippen LogP contribution in [0.3, 0.4) is 0 Å². The zero-order valence-corrected chi connectivity index (χ0v) is 10.0. The van der Waals surface area contributed by atoms with E-state index in [0.717, 1.165) is 19.3 Å². The van der Waals surface area contributed by atoms with Crippen LogP contribution in [-0.4, -0.2) is 25.8 Å². The molecule has 0 spiro atoms. The third kappa shape index (κ3) is 2.01. The SMILES string of the molecule is CCO[C@@H]1C[C@@H]2CC=CC[C@H]2[C@H]1C(=O)OC. The van der Waals surface area contributed by atoms with E-state index in [2.05, 4.69) is 12.2 Å². The molecule has 90 valence electrons. The molecule has 0 aromatic heterocycles. The highest BCUT2D eigenvalue weighted by Crippen LogP contribution is 2.45. The van der Waals surface area contributed by atoms with Crippen LogP contribution in [0.25, 0.3) is 0 Å². The second-order valence-electron chi connectivity index (χ2n) is 4.65. The maximum absolute atomic E-state index is 11.8. The maximum atomic E-state index is 11.8. The number of allylic oxidation sites excluding steroid dienone is 2. The van der Waals surface area contributed by atoms with Gasteiger partial charge in [0.1, 0.15) is 0 Å². The Kier molecular flexibility index (Phi) is 3.64. The van der Waals surface area contributed by atoms with E-state index in [-0.39, 0.29) is 18.0 Å². The van der Waals surface area contributed by atoms with Crippen molar-refractivity contribution in [1.29, 1.82) is 0 Å². The molecule has 4 atom stereocenters. The first-order valence-electron chi connectivity index (χ1n) is 6.12. The van der Waals surface area contributed by atoms with Gasteiger partial charge in [-0.3, -0.25) is 4.79 Å². The molecule has 0 radical (unpaired) electrons. The lowest BCUT2D eigenvalue weighted by Crippen LogP contribution is -2.32. The summed E-state index contributed by atoms with van der Waals surface area (Å²) in [7, 11) is 1.47. The van der Waals surface area contributed by atoms with Crippen molar-refractivity contribution in [3.8, 4) is 0 Å². The summed E-state index contributed by atoms with van der Waals surface area (Å²) in [4.78, 5) is 11.8. The van der Waals surface area contributed by atoms with Crippen LogP contribution >= 0.6 is 0 Å². The minimum absolute atomic E-state index is 0.0556. The summed E-state index contributed by atoms with van der Waals surface area (Å²) in [5.74, 6) is 0.876. The van der Waals surface area contributed by atoms with E-state index >= 15 is 0 Å². The topological polar surface area (TPSA) is 35.5 Å². The molecule has 0 saturated heterocycles. The van der Waals surface area contributed by atoms with Crippen LogP contribution in [0.15, 0.2) is 12.2 Å². The largest absolute Gasteiger partial charge is 0.469 e. The van der Waals surface area contributed by atoms with Crippen molar-refractivity contribution in [2.45, 2.75) is 32.3 Å². The first-order valence-corrected chi connectivity index (χ1v) is 6.12. The number of hydrogen-bond donors (Lipinski definition) is 0. The second kappa shape index (κ2) is 5.00. The Labute approximate surface area is 96.8 Å². The van der Waals surface area contributed by atoms with Crippen LogP contribution in [0.4, 0.5) is 0 Å². The predicted molar refractivity (Wildman–Crippen MR) is 60.9 cm³/mol. The zero-order chi connectivity index (χ0) is 11.5. The van der Waals surface area contributed by atoms with Crippen molar-refractivity contribution in [3.63, 3.8) is 0 Å². The summed E-state index contributed by atoms with van der Waals surface area (Å²) >= 11 is 0. The molecule has 1 fully saturated rings. The average Bonchev–Trinajstić information content (AvgIpc) is 2.66. The van der Waals surface area contributed by atoms with Crippen LogP contribution in [0, 0.1) is 17.8 Å². The van der Waals surface area contributed by atoms with Crippen molar-refractivity contribution in [3.05, 3.63) is 12.2 Å².